The first kappa shape index (κ1) is 17.2. The molecule has 4 rings (SSSR count). The Kier molecular flexibility index (Phi) is 5.04. The van der Waals surface area contributed by atoms with Crippen molar-refractivity contribution in [1.29, 1.82) is 0 Å². The van der Waals surface area contributed by atoms with Crippen LogP contribution < -0.4 is 4.90 Å². The van der Waals surface area contributed by atoms with E-state index < -0.39 is 0 Å². The van der Waals surface area contributed by atoms with Gasteiger partial charge in [-0.1, -0.05) is 54.2 Å². The molecule has 0 saturated heterocycles. The van der Waals surface area contributed by atoms with E-state index in [0.717, 1.165) is 21.5 Å². The van der Waals surface area contributed by atoms with Crippen molar-refractivity contribution >= 4 is 35.1 Å². The number of fused-ring (bicyclic) bond motifs is 1. The highest BCUT2D eigenvalue weighted by Crippen LogP contribution is 2.43. The van der Waals surface area contributed by atoms with E-state index in [1.807, 2.05) is 70.9 Å². The SMILES string of the molecule is Cn1ccnc1SCC(=O)N1c2ccccc2SC[C@H]1c1ccccc1. The minimum absolute atomic E-state index is 0.0468. The van der Waals surface area contributed by atoms with Gasteiger partial charge in [0.1, 0.15) is 0 Å². The number of aromatic nitrogens is 2. The van der Waals surface area contributed by atoms with Crippen molar-refractivity contribution in [3.05, 3.63) is 72.6 Å². The first-order chi connectivity index (χ1) is 12.7. The van der Waals surface area contributed by atoms with Crippen LogP contribution >= 0.6 is 23.5 Å². The molecule has 132 valence electrons. The molecule has 0 radical (unpaired) electrons. The van der Waals surface area contributed by atoms with Gasteiger partial charge in [-0.25, -0.2) is 4.98 Å². The second-order valence-electron chi connectivity index (χ2n) is 6.08. The molecular weight excluding hydrogens is 362 g/mol. The molecule has 0 spiro atoms. The molecular formula is C20H19N3OS2. The van der Waals surface area contributed by atoms with Crippen molar-refractivity contribution in [2.45, 2.75) is 16.1 Å². The Labute approximate surface area is 161 Å². The monoisotopic (exact) mass is 381 g/mol. The van der Waals surface area contributed by atoms with E-state index in [9.17, 15) is 4.79 Å². The van der Waals surface area contributed by atoms with Crippen molar-refractivity contribution in [3.8, 4) is 0 Å². The standard InChI is InChI=1S/C20H19N3OS2/c1-22-12-11-21-20(22)26-14-19(24)23-16-9-5-6-10-18(16)25-13-17(23)15-7-3-2-4-8-15/h2-12,17H,13-14H2,1H3/t17-/m0/s1. The molecule has 0 fully saturated rings. The molecule has 3 aromatic rings. The Bertz CT molecular complexity index is 910. The summed E-state index contributed by atoms with van der Waals surface area (Å²) in [7, 11) is 1.94. The highest BCUT2D eigenvalue weighted by molar-refractivity contribution is 8.00. The van der Waals surface area contributed by atoms with Crippen LogP contribution in [0.1, 0.15) is 11.6 Å². The number of rotatable bonds is 4. The lowest BCUT2D eigenvalue weighted by molar-refractivity contribution is -0.116. The minimum atomic E-state index is 0.0468. The summed E-state index contributed by atoms with van der Waals surface area (Å²) in [5.41, 5.74) is 2.17. The van der Waals surface area contributed by atoms with Gasteiger partial charge >= 0.3 is 0 Å². The molecule has 1 aliphatic rings. The van der Waals surface area contributed by atoms with Crippen LogP contribution in [0.25, 0.3) is 0 Å². The summed E-state index contributed by atoms with van der Waals surface area (Å²) in [6, 6.07) is 18.5. The van der Waals surface area contributed by atoms with Gasteiger partial charge in [0.15, 0.2) is 5.16 Å². The maximum Gasteiger partial charge on any atom is 0.238 e. The second-order valence-corrected chi connectivity index (χ2v) is 8.08. The molecule has 6 heteroatoms. The summed E-state index contributed by atoms with van der Waals surface area (Å²) in [6.07, 6.45) is 3.65. The first-order valence-electron chi connectivity index (χ1n) is 8.43. The van der Waals surface area contributed by atoms with Crippen LogP contribution in [0.2, 0.25) is 0 Å². The van der Waals surface area contributed by atoms with Crippen LogP contribution in [0, 0.1) is 0 Å². The van der Waals surface area contributed by atoms with Gasteiger partial charge in [-0.2, -0.15) is 0 Å². The lowest BCUT2D eigenvalue weighted by atomic mass is 10.1. The number of amides is 1. The van der Waals surface area contributed by atoms with E-state index >= 15 is 0 Å². The number of imidazole rings is 1. The van der Waals surface area contributed by atoms with E-state index in [4.69, 9.17) is 0 Å². The van der Waals surface area contributed by atoms with Crippen LogP contribution in [0.15, 0.2) is 77.0 Å². The van der Waals surface area contributed by atoms with E-state index in [2.05, 4.69) is 23.2 Å². The van der Waals surface area contributed by atoms with Crippen molar-refractivity contribution < 1.29 is 4.79 Å². The highest BCUT2D eigenvalue weighted by Gasteiger charge is 2.32. The molecule has 0 N–H and O–H groups in total. The predicted octanol–water partition coefficient (Wildman–Crippen LogP) is 4.39. The van der Waals surface area contributed by atoms with E-state index in [-0.39, 0.29) is 11.9 Å². The maximum absolute atomic E-state index is 13.2. The van der Waals surface area contributed by atoms with Gasteiger partial charge in [0, 0.05) is 30.1 Å². The largest absolute Gasteiger partial charge is 0.329 e. The van der Waals surface area contributed by atoms with Gasteiger partial charge in [0.2, 0.25) is 5.91 Å². The Balaban J connectivity index is 1.64. The van der Waals surface area contributed by atoms with E-state index in [1.165, 1.54) is 17.3 Å². The molecule has 26 heavy (non-hydrogen) atoms. The number of benzene rings is 2. The molecule has 1 amide bonds. The number of aryl methyl sites for hydroxylation is 1. The molecule has 2 heterocycles. The van der Waals surface area contributed by atoms with Crippen molar-refractivity contribution in [3.63, 3.8) is 0 Å². The second kappa shape index (κ2) is 7.60. The van der Waals surface area contributed by atoms with Crippen molar-refractivity contribution in [1.82, 2.24) is 9.55 Å². The lowest BCUT2D eigenvalue weighted by Gasteiger charge is -2.37. The molecule has 0 aliphatic carbocycles. The summed E-state index contributed by atoms with van der Waals surface area (Å²) in [6.45, 7) is 0. The zero-order chi connectivity index (χ0) is 17.9. The lowest BCUT2D eigenvalue weighted by Crippen LogP contribution is -2.39. The van der Waals surface area contributed by atoms with Gasteiger partial charge < -0.3 is 9.47 Å². The van der Waals surface area contributed by atoms with Gasteiger partial charge in [0.25, 0.3) is 0 Å². The summed E-state index contributed by atoms with van der Waals surface area (Å²) in [4.78, 5) is 20.6. The smallest absolute Gasteiger partial charge is 0.238 e. The molecule has 1 aliphatic heterocycles. The van der Waals surface area contributed by atoms with Crippen LogP contribution in [0.3, 0.4) is 0 Å². The highest BCUT2D eigenvalue weighted by atomic mass is 32.2. The van der Waals surface area contributed by atoms with Gasteiger partial charge in [-0.15, -0.1) is 11.8 Å². The topological polar surface area (TPSA) is 38.1 Å². The molecule has 4 nitrogen and oxygen atoms in total. The van der Waals surface area contributed by atoms with Crippen LogP contribution in [0.5, 0.6) is 0 Å². The molecule has 0 unspecified atom stereocenters. The fraction of sp³-hybridized carbons (Fsp3) is 0.200. The number of thioether (sulfide) groups is 2. The van der Waals surface area contributed by atoms with Crippen molar-refractivity contribution in [2.24, 2.45) is 7.05 Å². The normalized spacial score (nSPS) is 16.3. The van der Waals surface area contributed by atoms with Gasteiger partial charge in [-0.3, -0.25) is 4.79 Å². The third kappa shape index (κ3) is 3.39. The average molecular weight is 382 g/mol. The molecule has 0 saturated carbocycles. The fourth-order valence-corrected chi connectivity index (χ4v) is 5.06. The number of nitrogens with zero attached hydrogens (tertiary/aromatic N) is 3. The molecule has 2 aromatic carbocycles. The zero-order valence-corrected chi connectivity index (χ0v) is 16.0. The minimum Gasteiger partial charge on any atom is -0.329 e. The Morgan fingerprint density at radius 2 is 1.96 bits per heavy atom. The number of para-hydroxylation sites is 1. The molecule has 1 aromatic heterocycles. The van der Waals surface area contributed by atoms with Crippen LogP contribution in [0.4, 0.5) is 5.69 Å². The number of carbonyl (C=O) groups is 1. The fourth-order valence-electron chi connectivity index (χ4n) is 3.10. The predicted molar refractivity (Wildman–Crippen MR) is 108 cm³/mol. The summed E-state index contributed by atoms with van der Waals surface area (Å²) in [5.74, 6) is 1.34. The van der Waals surface area contributed by atoms with Gasteiger partial charge in [-0.05, 0) is 17.7 Å². The number of hydrogen-bond donors (Lipinski definition) is 0. The molecule has 1 atom stereocenters. The zero-order valence-electron chi connectivity index (χ0n) is 14.4. The Hall–Kier alpha value is -2.18. The molecule has 0 bridgehead atoms. The maximum atomic E-state index is 13.2. The Morgan fingerprint density at radius 1 is 1.19 bits per heavy atom. The summed E-state index contributed by atoms with van der Waals surface area (Å²) in [5, 5.41) is 0.856. The van der Waals surface area contributed by atoms with E-state index in [0.29, 0.717) is 5.75 Å². The van der Waals surface area contributed by atoms with Crippen LogP contribution in [-0.4, -0.2) is 27.0 Å². The quantitative estimate of drug-likeness (QED) is 0.628. The average Bonchev–Trinajstić information content (AvgIpc) is 3.10. The third-order valence-electron chi connectivity index (χ3n) is 4.39. The van der Waals surface area contributed by atoms with E-state index in [1.54, 1.807) is 6.20 Å². The first-order valence-corrected chi connectivity index (χ1v) is 10.4. The number of anilines is 1. The van der Waals surface area contributed by atoms with Gasteiger partial charge in [0.05, 0.1) is 17.5 Å². The third-order valence-corrected chi connectivity index (χ3v) is 6.57. The summed E-state index contributed by atoms with van der Waals surface area (Å²) >= 11 is 3.30. The van der Waals surface area contributed by atoms with Crippen LogP contribution in [-0.2, 0) is 11.8 Å². The number of carbonyl (C=O) groups excluding carboxylic acids is 1. The summed E-state index contributed by atoms with van der Waals surface area (Å²) < 4.78 is 1.94. The van der Waals surface area contributed by atoms with Crippen molar-refractivity contribution in [2.75, 3.05) is 16.4 Å². The number of hydrogen-bond acceptors (Lipinski definition) is 4. The Morgan fingerprint density at radius 3 is 2.73 bits per heavy atom.